The molecular formula is C11H17NO. The van der Waals surface area contributed by atoms with E-state index in [2.05, 4.69) is 0 Å². The Hall–Kier alpha value is -1.02. The van der Waals surface area contributed by atoms with Crippen molar-refractivity contribution in [1.82, 2.24) is 0 Å². The first kappa shape index (κ1) is 10.1. The van der Waals surface area contributed by atoms with Gasteiger partial charge in [-0.15, -0.1) is 0 Å². The molecule has 1 atom stereocenters. The van der Waals surface area contributed by atoms with Crippen LogP contribution in [0.4, 0.5) is 5.69 Å². The molecule has 0 radical (unpaired) electrons. The Bertz CT molecular complexity index is 253. The zero-order chi connectivity index (χ0) is 9.84. The summed E-state index contributed by atoms with van der Waals surface area (Å²) in [5.41, 5.74) is 7.55. The molecule has 1 rings (SSSR count). The summed E-state index contributed by atoms with van der Waals surface area (Å²) in [6.45, 7) is 6.12. The van der Waals surface area contributed by atoms with Crippen LogP contribution in [0.3, 0.4) is 0 Å². The van der Waals surface area contributed by atoms with Gasteiger partial charge in [-0.1, -0.05) is 12.1 Å². The molecule has 0 aliphatic carbocycles. The van der Waals surface area contributed by atoms with Gasteiger partial charge in [0, 0.05) is 5.69 Å². The van der Waals surface area contributed by atoms with Gasteiger partial charge in [-0.05, 0) is 38.5 Å². The number of ether oxygens (including phenoxy) is 1. The molecule has 1 aromatic rings. The zero-order valence-corrected chi connectivity index (χ0v) is 8.45. The molecule has 0 saturated heterocycles. The summed E-state index contributed by atoms with van der Waals surface area (Å²) in [4.78, 5) is 0. The van der Waals surface area contributed by atoms with Crippen LogP contribution in [0.25, 0.3) is 0 Å². The van der Waals surface area contributed by atoms with Gasteiger partial charge in [0.2, 0.25) is 0 Å². The van der Waals surface area contributed by atoms with Gasteiger partial charge in [0.15, 0.2) is 0 Å². The Labute approximate surface area is 79.7 Å². The quantitative estimate of drug-likeness (QED) is 0.724. The Morgan fingerprint density at radius 3 is 2.08 bits per heavy atom. The molecule has 0 amide bonds. The summed E-state index contributed by atoms with van der Waals surface area (Å²) >= 11 is 0. The van der Waals surface area contributed by atoms with Gasteiger partial charge in [-0.25, -0.2) is 0 Å². The van der Waals surface area contributed by atoms with Crippen molar-refractivity contribution in [2.45, 2.75) is 33.0 Å². The topological polar surface area (TPSA) is 35.2 Å². The van der Waals surface area contributed by atoms with Crippen molar-refractivity contribution in [2.24, 2.45) is 0 Å². The fourth-order valence-corrected chi connectivity index (χ4v) is 1.25. The lowest BCUT2D eigenvalue weighted by atomic mass is 10.1. The fraction of sp³-hybridized carbons (Fsp3) is 0.455. The molecule has 2 nitrogen and oxygen atoms in total. The molecule has 0 aliphatic rings. The molecule has 0 saturated carbocycles. The average Bonchev–Trinajstić information content (AvgIpc) is 2.04. The molecule has 2 heteroatoms. The second-order valence-corrected chi connectivity index (χ2v) is 3.49. The van der Waals surface area contributed by atoms with Crippen LogP contribution in [0.2, 0.25) is 0 Å². The van der Waals surface area contributed by atoms with Crippen LogP contribution in [-0.4, -0.2) is 6.10 Å². The molecule has 72 valence electrons. The highest BCUT2D eigenvalue weighted by molar-refractivity contribution is 5.39. The van der Waals surface area contributed by atoms with Crippen molar-refractivity contribution in [1.29, 1.82) is 0 Å². The van der Waals surface area contributed by atoms with E-state index in [4.69, 9.17) is 10.5 Å². The monoisotopic (exact) mass is 179 g/mol. The van der Waals surface area contributed by atoms with Crippen LogP contribution < -0.4 is 5.73 Å². The average molecular weight is 179 g/mol. The maximum atomic E-state index is 5.64. The van der Waals surface area contributed by atoms with E-state index in [0.717, 1.165) is 5.69 Å². The summed E-state index contributed by atoms with van der Waals surface area (Å²) < 4.78 is 5.64. The summed E-state index contributed by atoms with van der Waals surface area (Å²) in [6, 6.07) is 7.80. The van der Waals surface area contributed by atoms with Crippen LogP contribution in [0.15, 0.2) is 24.3 Å². The number of nitrogen functional groups attached to an aromatic ring is 1. The molecule has 0 aliphatic heterocycles. The number of hydrogen-bond donors (Lipinski definition) is 1. The number of nitrogens with two attached hydrogens (primary N) is 1. The largest absolute Gasteiger partial charge is 0.399 e. The molecule has 13 heavy (non-hydrogen) atoms. The summed E-state index contributed by atoms with van der Waals surface area (Å²) in [7, 11) is 0. The third-order valence-electron chi connectivity index (χ3n) is 1.88. The summed E-state index contributed by atoms with van der Waals surface area (Å²) in [5.74, 6) is 0. The van der Waals surface area contributed by atoms with Gasteiger partial charge in [0.25, 0.3) is 0 Å². The molecule has 0 heterocycles. The first-order valence-corrected chi connectivity index (χ1v) is 4.60. The minimum Gasteiger partial charge on any atom is -0.399 e. The van der Waals surface area contributed by atoms with Crippen LogP contribution in [0, 0.1) is 0 Å². The van der Waals surface area contributed by atoms with Crippen molar-refractivity contribution >= 4 is 5.69 Å². The molecular weight excluding hydrogens is 162 g/mol. The number of hydrogen-bond acceptors (Lipinski definition) is 2. The molecule has 2 N–H and O–H groups in total. The van der Waals surface area contributed by atoms with E-state index in [0.29, 0.717) is 0 Å². The van der Waals surface area contributed by atoms with Crippen molar-refractivity contribution < 1.29 is 4.74 Å². The highest BCUT2D eigenvalue weighted by Crippen LogP contribution is 2.19. The Morgan fingerprint density at radius 2 is 1.62 bits per heavy atom. The smallest absolute Gasteiger partial charge is 0.0800 e. The Kier molecular flexibility index (Phi) is 3.32. The number of anilines is 1. The minimum atomic E-state index is 0.139. The maximum Gasteiger partial charge on any atom is 0.0800 e. The summed E-state index contributed by atoms with van der Waals surface area (Å²) in [5, 5.41) is 0. The standard InChI is InChI=1S/C11H17NO/c1-8(2)13-9(3)10-4-6-11(12)7-5-10/h4-9H,12H2,1-3H3. The Balaban J connectivity index is 2.66. The van der Waals surface area contributed by atoms with Gasteiger partial charge < -0.3 is 10.5 Å². The molecule has 1 aromatic carbocycles. The van der Waals surface area contributed by atoms with Crippen molar-refractivity contribution in [3.05, 3.63) is 29.8 Å². The van der Waals surface area contributed by atoms with Crippen LogP contribution in [0.5, 0.6) is 0 Å². The van der Waals surface area contributed by atoms with Gasteiger partial charge in [0.05, 0.1) is 12.2 Å². The van der Waals surface area contributed by atoms with Crippen molar-refractivity contribution in [3.8, 4) is 0 Å². The van der Waals surface area contributed by atoms with Crippen molar-refractivity contribution in [3.63, 3.8) is 0 Å². The van der Waals surface area contributed by atoms with Gasteiger partial charge >= 0.3 is 0 Å². The lowest BCUT2D eigenvalue weighted by Crippen LogP contribution is -2.07. The lowest BCUT2D eigenvalue weighted by Gasteiger charge is -2.16. The molecule has 0 aromatic heterocycles. The highest BCUT2D eigenvalue weighted by atomic mass is 16.5. The molecule has 0 fully saturated rings. The van der Waals surface area contributed by atoms with Gasteiger partial charge in [0.1, 0.15) is 0 Å². The molecule has 0 spiro atoms. The normalized spacial score (nSPS) is 13.2. The van der Waals surface area contributed by atoms with E-state index < -0.39 is 0 Å². The zero-order valence-electron chi connectivity index (χ0n) is 8.45. The second-order valence-electron chi connectivity index (χ2n) is 3.49. The number of rotatable bonds is 3. The Morgan fingerprint density at radius 1 is 1.08 bits per heavy atom. The SMILES string of the molecule is CC(C)OC(C)c1ccc(N)cc1. The van der Waals surface area contributed by atoms with Crippen LogP contribution >= 0.6 is 0 Å². The first-order chi connectivity index (χ1) is 6.09. The van der Waals surface area contributed by atoms with E-state index in [9.17, 15) is 0 Å². The fourth-order valence-electron chi connectivity index (χ4n) is 1.25. The summed E-state index contributed by atoms with van der Waals surface area (Å²) in [6.07, 6.45) is 0.396. The van der Waals surface area contributed by atoms with E-state index >= 15 is 0 Å². The third-order valence-corrected chi connectivity index (χ3v) is 1.88. The number of benzene rings is 1. The van der Waals surface area contributed by atoms with Crippen LogP contribution in [0.1, 0.15) is 32.4 Å². The van der Waals surface area contributed by atoms with E-state index in [1.165, 1.54) is 5.56 Å². The molecule has 0 bridgehead atoms. The third kappa shape index (κ3) is 3.07. The maximum absolute atomic E-state index is 5.64. The second kappa shape index (κ2) is 4.28. The minimum absolute atomic E-state index is 0.139. The van der Waals surface area contributed by atoms with Crippen LogP contribution in [-0.2, 0) is 4.74 Å². The predicted molar refractivity (Wildman–Crippen MR) is 55.5 cm³/mol. The lowest BCUT2D eigenvalue weighted by molar-refractivity contribution is 0.0179. The van der Waals surface area contributed by atoms with E-state index in [1.807, 2.05) is 45.0 Å². The van der Waals surface area contributed by atoms with Crippen molar-refractivity contribution in [2.75, 3.05) is 5.73 Å². The van der Waals surface area contributed by atoms with E-state index in [1.54, 1.807) is 0 Å². The first-order valence-electron chi connectivity index (χ1n) is 4.60. The predicted octanol–water partition coefficient (Wildman–Crippen LogP) is 2.75. The van der Waals surface area contributed by atoms with Gasteiger partial charge in [-0.2, -0.15) is 0 Å². The van der Waals surface area contributed by atoms with Gasteiger partial charge in [-0.3, -0.25) is 0 Å². The molecule has 1 unspecified atom stereocenters. The highest BCUT2D eigenvalue weighted by Gasteiger charge is 2.06. The van der Waals surface area contributed by atoms with E-state index in [-0.39, 0.29) is 12.2 Å².